The molecule has 1 aliphatic heterocycles. The predicted octanol–water partition coefficient (Wildman–Crippen LogP) is 1.95. The average Bonchev–Trinajstić information content (AvgIpc) is 2.41. The maximum Gasteiger partial charge on any atom is 0.0810 e. The third-order valence-electron chi connectivity index (χ3n) is 1.29. The van der Waals surface area contributed by atoms with Crippen molar-refractivity contribution in [3.8, 4) is 0 Å². The van der Waals surface area contributed by atoms with Crippen LogP contribution < -0.4 is 0 Å². The van der Waals surface area contributed by atoms with E-state index in [0.29, 0.717) is 10.9 Å². The first-order chi connectivity index (χ1) is 3.79. The quantitative estimate of drug-likeness (QED) is 0.476. The molecule has 48 valence electrons. The van der Waals surface area contributed by atoms with E-state index in [2.05, 4.69) is 22.9 Å². The lowest BCUT2D eigenvalue weighted by atomic mass is 10.2. The third-order valence-corrected chi connectivity index (χ3v) is 1.75. The second-order valence-corrected chi connectivity index (χ2v) is 3.88. The van der Waals surface area contributed by atoms with E-state index in [1.165, 1.54) is 12.8 Å². The second-order valence-electron chi connectivity index (χ2n) is 2.31. The van der Waals surface area contributed by atoms with Crippen molar-refractivity contribution >= 4 is 15.9 Å². The molecule has 0 N–H and O–H groups in total. The van der Waals surface area contributed by atoms with Crippen LogP contribution in [-0.2, 0) is 4.74 Å². The highest BCUT2D eigenvalue weighted by Crippen LogP contribution is 2.18. The normalized spacial score (nSPS) is 30.0. The number of rotatable bonds is 3. The first-order valence-corrected chi connectivity index (χ1v) is 3.96. The highest BCUT2D eigenvalue weighted by Gasteiger charge is 2.21. The minimum absolute atomic E-state index is 0.606. The summed E-state index contributed by atoms with van der Waals surface area (Å²) < 4.78 is 5.04. The molecule has 8 heavy (non-hydrogen) atoms. The van der Waals surface area contributed by atoms with Crippen LogP contribution in [0.25, 0.3) is 0 Å². The molecular weight excluding hydrogens is 168 g/mol. The highest BCUT2D eigenvalue weighted by atomic mass is 79.9. The number of ether oxygens (including phenoxy) is 1. The van der Waals surface area contributed by atoms with Crippen molar-refractivity contribution in [3.05, 3.63) is 0 Å². The van der Waals surface area contributed by atoms with Gasteiger partial charge in [-0.05, 0) is 12.8 Å². The first kappa shape index (κ1) is 6.56. The van der Waals surface area contributed by atoms with E-state index >= 15 is 0 Å². The van der Waals surface area contributed by atoms with Gasteiger partial charge in [-0.25, -0.2) is 0 Å². The Morgan fingerprint density at radius 1 is 1.88 bits per heavy atom. The zero-order chi connectivity index (χ0) is 5.98. The van der Waals surface area contributed by atoms with Gasteiger partial charge in [0.15, 0.2) is 0 Å². The Kier molecular flexibility index (Phi) is 2.32. The van der Waals surface area contributed by atoms with E-state index in [9.17, 15) is 0 Å². The number of hydrogen-bond donors (Lipinski definition) is 0. The molecule has 1 saturated heterocycles. The molecule has 1 fully saturated rings. The topological polar surface area (TPSA) is 12.5 Å². The smallest absolute Gasteiger partial charge is 0.0810 e. The third kappa shape index (κ3) is 2.68. The Morgan fingerprint density at radius 2 is 2.50 bits per heavy atom. The molecule has 0 bridgehead atoms. The minimum Gasteiger partial charge on any atom is -0.373 e. The lowest BCUT2D eigenvalue weighted by molar-refractivity contribution is 0.392. The summed E-state index contributed by atoms with van der Waals surface area (Å²) in [5.41, 5.74) is 0. The van der Waals surface area contributed by atoms with Crippen molar-refractivity contribution < 1.29 is 4.74 Å². The molecule has 0 aliphatic carbocycles. The number of hydrogen-bond acceptors (Lipinski definition) is 1. The van der Waals surface area contributed by atoms with Gasteiger partial charge in [-0.3, -0.25) is 0 Å². The molecule has 0 aromatic rings. The summed E-state index contributed by atoms with van der Waals surface area (Å²) in [5, 5.41) is 0. The van der Waals surface area contributed by atoms with Crippen LogP contribution in [0.3, 0.4) is 0 Å². The van der Waals surface area contributed by atoms with Gasteiger partial charge in [0, 0.05) is 4.83 Å². The van der Waals surface area contributed by atoms with E-state index in [1.54, 1.807) is 0 Å². The molecule has 0 aromatic carbocycles. The van der Waals surface area contributed by atoms with Crippen LogP contribution in [0.15, 0.2) is 0 Å². The SMILES string of the molecule is CC(Br)CCC1CO1. The van der Waals surface area contributed by atoms with Gasteiger partial charge in [-0.2, -0.15) is 0 Å². The van der Waals surface area contributed by atoms with Crippen LogP contribution in [-0.4, -0.2) is 17.5 Å². The fourth-order valence-electron chi connectivity index (χ4n) is 0.650. The monoisotopic (exact) mass is 178 g/mol. The van der Waals surface area contributed by atoms with E-state index in [4.69, 9.17) is 4.74 Å². The van der Waals surface area contributed by atoms with Crippen molar-refractivity contribution in [1.82, 2.24) is 0 Å². The van der Waals surface area contributed by atoms with Crippen molar-refractivity contribution in [3.63, 3.8) is 0 Å². The summed E-state index contributed by atoms with van der Waals surface area (Å²) in [5.74, 6) is 0. The number of alkyl halides is 1. The average molecular weight is 179 g/mol. The zero-order valence-electron chi connectivity index (χ0n) is 5.06. The zero-order valence-corrected chi connectivity index (χ0v) is 6.65. The molecule has 0 saturated carbocycles. The van der Waals surface area contributed by atoms with Gasteiger partial charge < -0.3 is 4.74 Å². The van der Waals surface area contributed by atoms with Crippen LogP contribution in [0.5, 0.6) is 0 Å². The minimum atomic E-state index is 0.606. The predicted molar refractivity (Wildman–Crippen MR) is 37.4 cm³/mol. The van der Waals surface area contributed by atoms with Crippen LogP contribution in [0.1, 0.15) is 19.8 Å². The molecule has 0 radical (unpaired) electrons. The molecule has 2 atom stereocenters. The van der Waals surface area contributed by atoms with Crippen LogP contribution in [0.4, 0.5) is 0 Å². The second kappa shape index (κ2) is 2.83. The highest BCUT2D eigenvalue weighted by molar-refractivity contribution is 9.09. The van der Waals surface area contributed by atoms with Crippen molar-refractivity contribution in [2.75, 3.05) is 6.61 Å². The summed E-state index contributed by atoms with van der Waals surface area (Å²) in [4.78, 5) is 0.659. The summed E-state index contributed by atoms with van der Waals surface area (Å²) >= 11 is 3.48. The van der Waals surface area contributed by atoms with E-state index < -0.39 is 0 Å². The standard InChI is InChI=1S/C6H11BrO/c1-5(7)2-3-6-4-8-6/h5-6H,2-4H2,1H3. The summed E-state index contributed by atoms with van der Waals surface area (Å²) in [7, 11) is 0. The van der Waals surface area contributed by atoms with Crippen LogP contribution in [0, 0.1) is 0 Å². The summed E-state index contributed by atoms with van der Waals surface area (Å²) in [6.45, 7) is 3.17. The van der Waals surface area contributed by atoms with Crippen LogP contribution in [0.2, 0.25) is 0 Å². The van der Waals surface area contributed by atoms with Crippen molar-refractivity contribution in [2.24, 2.45) is 0 Å². The van der Waals surface area contributed by atoms with Gasteiger partial charge in [0.25, 0.3) is 0 Å². The van der Waals surface area contributed by atoms with Gasteiger partial charge in [-0.15, -0.1) is 0 Å². The Bertz CT molecular complexity index is 66.9. The maximum absolute atomic E-state index is 5.04. The van der Waals surface area contributed by atoms with Gasteiger partial charge in [0.2, 0.25) is 0 Å². The summed E-state index contributed by atoms with van der Waals surface area (Å²) in [6.07, 6.45) is 3.08. The molecule has 1 aliphatic rings. The molecule has 0 amide bonds. The number of halogens is 1. The Balaban J connectivity index is 1.87. The van der Waals surface area contributed by atoms with Gasteiger partial charge in [0.1, 0.15) is 0 Å². The fraction of sp³-hybridized carbons (Fsp3) is 1.00. The fourth-order valence-corrected chi connectivity index (χ4v) is 0.915. The van der Waals surface area contributed by atoms with Gasteiger partial charge in [0.05, 0.1) is 12.7 Å². The van der Waals surface area contributed by atoms with Crippen molar-refractivity contribution in [1.29, 1.82) is 0 Å². The Hall–Kier alpha value is 0.440. The molecule has 0 spiro atoms. The van der Waals surface area contributed by atoms with Crippen LogP contribution >= 0.6 is 15.9 Å². The lowest BCUT2D eigenvalue weighted by Gasteiger charge is -1.97. The van der Waals surface area contributed by atoms with Gasteiger partial charge >= 0.3 is 0 Å². The molecule has 0 aromatic heterocycles. The lowest BCUT2D eigenvalue weighted by Crippen LogP contribution is -1.93. The van der Waals surface area contributed by atoms with E-state index in [0.717, 1.165) is 6.61 Å². The Morgan fingerprint density at radius 3 is 2.88 bits per heavy atom. The van der Waals surface area contributed by atoms with Crippen molar-refractivity contribution in [2.45, 2.75) is 30.7 Å². The number of epoxide rings is 1. The Labute approximate surface area is 58.5 Å². The first-order valence-electron chi connectivity index (χ1n) is 3.04. The molecule has 2 unspecified atom stereocenters. The van der Waals surface area contributed by atoms with E-state index in [1.807, 2.05) is 0 Å². The molecule has 1 nitrogen and oxygen atoms in total. The largest absolute Gasteiger partial charge is 0.373 e. The van der Waals surface area contributed by atoms with Gasteiger partial charge in [-0.1, -0.05) is 22.9 Å². The maximum atomic E-state index is 5.04. The molecule has 2 heteroatoms. The molecule has 1 rings (SSSR count). The van der Waals surface area contributed by atoms with E-state index in [-0.39, 0.29) is 0 Å². The molecule has 1 heterocycles. The molecular formula is C6H11BrO. The summed E-state index contributed by atoms with van der Waals surface area (Å²) in [6, 6.07) is 0.